The average Bonchev–Trinajstić information content (AvgIpc) is 2.38. The third-order valence-electron chi connectivity index (χ3n) is 4.47. The molecule has 2 amide bonds. The maximum atomic E-state index is 12.5. The minimum Gasteiger partial charge on any atom is -0.481 e. The van der Waals surface area contributed by atoms with E-state index in [0.717, 1.165) is 38.8 Å². The Morgan fingerprint density at radius 3 is 1.90 bits per heavy atom. The van der Waals surface area contributed by atoms with Gasteiger partial charge in [0.25, 0.3) is 0 Å². The molecule has 0 unspecified atom stereocenters. The van der Waals surface area contributed by atoms with Gasteiger partial charge in [0.15, 0.2) is 0 Å². The standard InChI is InChI=1S/C15H26N2O3/c18-14(19)12-13-6-10-17(11-7-13)15(20)16-8-4-2-1-3-5-9-16/h13H,1-12H2,(H,18,19). The van der Waals surface area contributed by atoms with Crippen molar-refractivity contribution in [2.75, 3.05) is 26.2 Å². The Morgan fingerprint density at radius 2 is 1.35 bits per heavy atom. The molecule has 5 nitrogen and oxygen atoms in total. The van der Waals surface area contributed by atoms with Crippen molar-refractivity contribution in [3.05, 3.63) is 0 Å². The summed E-state index contributed by atoms with van der Waals surface area (Å²) in [5, 5.41) is 8.81. The number of carbonyl (C=O) groups excluding carboxylic acids is 1. The van der Waals surface area contributed by atoms with Crippen LogP contribution < -0.4 is 0 Å². The van der Waals surface area contributed by atoms with Gasteiger partial charge in [-0.25, -0.2) is 4.79 Å². The van der Waals surface area contributed by atoms with E-state index in [2.05, 4.69) is 0 Å². The lowest BCUT2D eigenvalue weighted by atomic mass is 9.94. The van der Waals surface area contributed by atoms with E-state index < -0.39 is 5.97 Å². The highest BCUT2D eigenvalue weighted by molar-refractivity contribution is 5.74. The molecule has 2 aliphatic heterocycles. The highest BCUT2D eigenvalue weighted by Crippen LogP contribution is 2.22. The number of hydrogen-bond acceptors (Lipinski definition) is 2. The zero-order chi connectivity index (χ0) is 14.4. The zero-order valence-electron chi connectivity index (χ0n) is 12.2. The van der Waals surface area contributed by atoms with Crippen molar-refractivity contribution in [3.63, 3.8) is 0 Å². The number of amides is 2. The fourth-order valence-electron chi connectivity index (χ4n) is 3.21. The molecule has 0 aromatic heterocycles. The van der Waals surface area contributed by atoms with Gasteiger partial charge in [-0.1, -0.05) is 19.3 Å². The first-order chi connectivity index (χ1) is 9.66. The molecular weight excluding hydrogens is 256 g/mol. The highest BCUT2D eigenvalue weighted by atomic mass is 16.4. The molecule has 114 valence electrons. The van der Waals surface area contributed by atoms with Crippen LogP contribution >= 0.6 is 0 Å². The molecule has 1 N–H and O–H groups in total. The molecule has 2 heterocycles. The molecule has 0 aromatic carbocycles. The molecule has 2 saturated heterocycles. The number of carbonyl (C=O) groups is 2. The second-order valence-electron chi connectivity index (χ2n) is 6.07. The lowest BCUT2D eigenvalue weighted by Gasteiger charge is -2.36. The summed E-state index contributed by atoms with van der Waals surface area (Å²) >= 11 is 0. The highest BCUT2D eigenvalue weighted by Gasteiger charge is 2.27. The Hall–Kier alpha value is -1.26. The summed E-state index contributed by atoms with van der Waals surface area (Å²) in [5.74, 6) is -0.484. The Labute approximate surface area is 120 Å². The lowest BCUT2D eigenvalue weighted by molar-refractivity contribution is -0.138. The summed E-state index contributed by atoms with van der Waals surface area (Å²) in [4.78, 5) is 27.1. The smallest absolute Gasteiger partial charge is 0.319 e. The zero-order valence-corrected chi connectivity index (χ0v) is 12.2. The third-order valence-corrected chi connectivity index (χ3v) is 4.47. The monoisotopic (exact) mass is 282 g/mol. The van der Waals surface area contributed by atoms with E-state index in [1.807, 2.05) is 9.80 Å². The number of carboxylic acid groups (broad SMARTS) is 1. The van der Waals surface area contributed by atoms with Crippen LogP contribution in [0.4, 0.5) is 4.79 Å². The van der Waals surface area contributed by atoms with Crippen LogP contribution in [0.25, 0.3) is 0 Å². The largest absolute Gasteiger partial charge is 0.481 e. The van der Waals surface area contributed by atoms with Crippen LogP contribution in [0.1, 0.15) is 51.4 Å². The van der Waals surface area contributed by atoms with E-state index in [9.17, 15) is 9.59 Å². The van der Waals surface area contributed by atoms with Gasteiger partial charge >= 0.3 is 12.0 Å². The van der Waals surface area contributed by atoms with Crippen molar-refractivity contribution in [3.8, 4) is 0 Å². The van der Waals surface area contributed by atoms with Gasteiger partial charge < -0.3 is 14.9 Å². The van der Waals surface area contributed by atoms with Crippen LogP contribution in [0.3, 0.4) is 0 Å². The topological polar surface area (TPSA) is 60.9 Å². The van der Waals surface area contributed by atoms with Crippen LogP contribution in [0.2, 0.25) is 0 Å². The van der Waals surface area contributed by atoms with Crippen molar-refractivity contribution in [1.29, 1.82) is 0 Å². The molecule has 2 fully saturated rings. The summed E-state index contributed by atoms with van der Waals surface area (Å²) in [6.07, 6.45) is 7.86. The molecular formula is C15H26N2O3. The van der Waals surface area contributed by atoms with E-state index in [0.29, 0.717) is 13.1 Å². The quantitative estimate of drug-likeness (QED) is 0.846. The number of piperidine rings is 1. The first kappa shape index (κ1) is 15.1. The van der Waals surface area contributed by atoms with Gasteiger partial charge in [0.2, 0.25) is 0 Å². The number of urea groups is 1. The Morgan fingerprint density at radius 1 is 0.850 bits per heavy atom. The SMILES string of the molecule is O=C(O)CC1CCN(C(=O)N2CCCCCCC2)CC1. The number of hydrogen-bond donors (Lipinski definition) is 1. The summed E-state index contributed by atoms with van der Waals surface area (Å²) in [5.41, 5.74) is 0. The van der Waals surface area contributed by atoms with Gasteiger partial charge in [0, 0.05) is 32.6 Å². The van der Waals surface area contributed by atoms with E-state index >= 15 is 0 Å². The van der Waals surface area contributed by atoms with Crippen LogP contribution in [0.5, 0.6) is 0 Å². The molecule has 5 heteroatoms. The Bertz CT molecular complexity index is 330. The molecule has 0 saturated carbocycles. The number of likely N-dealkylation sites (tertiary alicyclic amines) is 2. The summed E-state index contributed by atoms with van der Waals surface area (Å²) in [7, 11) is 0. The van der Waals surface area contributed by atoms with E-state index in [4.69, 9.17) is 5.11 Å². The lowest BCUT2D eigenvalue weighted by Crippen LogP contribution is -2.47. The van der Waals surface area contributed by atoms with Crippen molar-refractivity contribution >= 4 is 12.0 Å². The normalized spacial score (nSPS) is 22.2. The average molecular weight is 282 g/mol. The Kier molecular flexibility index (Phi) is 5.68. The molecule has 2 aliphatic rings. The third kappa shape index (κ3) is 4.39. The fraction of sp³-hybridized carbons (Fsp3) is 0.867. The minimum absolute atomic E-state index is 0.167. The molecule has 0 aromatic rings. The number of rotatable bonds is 2. The van der Waals surface area contributed by atoms with Gasteiger partial charge in [-0.15, -0.1) is 0 Å². The molecule has 0 spiro atoms. The second-order valence-corrected chi connectivity index (χ2v) is 6.07. The number of aliphatic carboxylic acids is 1. The predicted molar refractivity (Wildman–Crippen MR) is 76.6 cm³/mol. The predicted octanol–water partition coefficient (Wildman–Crippen LogP) is 2.56. The van der Waals surface area contributed by atoms with Crippen molar-refractivity contribution < 1.29 is 14.7 Å². The molecule has 0 radical (unpaired) electrons. The summed E-state index contributed by atoms with van der Waals surface area (Å²) in [6.45, 7) is 3.20. The first-order valence-electron chi connectivity index (χ1n) is 7.92. The van der Waals surface area contributed by atoms with Crippen LogP contribution in [-0.2, 0) is 4.79 Å². The molecule has 2 rings (SSSR count). The first-order valence-corrected chi connectivity index (χ1v) is 7.92. The van der Waals surface area contributed by atoms with Crippen molar-refractivity contribution in [2.45, 2.75) is 51.4 Å². The Balaban J connectivity index is 1.79. The van der Waals surface area contributed by atoms with Crippen molar-refractivity contribution in [1.82, 2.24) is 9.80 Å². The van der Waals surface area contributed by atoms with Gasteiger partial charge in [-0.3, -0.25) is 4.79 Å². The van der Waals surface area contributed by atoms with Crippen LogP contribution in [0.15, 0.2) is 0 Å². The van der Waals surface area contributed by atoms with Crippen LogP contribution in [-0.4, -0.2) is 53.1 Å². The van der Waals surface area contributed by atoms with E-state index in [-0.39, 0.29) is 18.4 Å². The maximum Gasteiger partial charge on any atom is 0.319 e. The van der Waals surface area contributed by atoms with Gasteiger partial charge in [0.05, 0.1) is 0 Å². The minimum atomic E-state index is -0.724. The summed E-state index contributed by atoms with van der Waals surface area (Å²) in [6, 6.07) is 0.167. The summed E-state index contributed by atoms with van der Waals surface area (Å²) < 4.78 is 0. The second kappa shape index (κ2) is 7.50. The fourth-order valence-corrected chi connectivity index (χ4v) is 3.21. The molecule has 0 aliphatic carbocycles. The molecule has 0 atom stereocenters. The van der Waals surface area contributed by atoms with E-state index in [1.54, 1.807) is 0 Å². The molecule has 0 bridgehead atoms. The van der Waals surface area contributed by atoms with E-state index in [1.165, 1.54) is 19.3 Å². The maximum absolute atomic E-state index is 12.5. The van der Waals surface area contributed by atoms with Crippen molar-refractivity contribution in [2.24, 2.45) is 5.92 Å². The number of nitrogens with zero attached hydrogens (tertiary/aromatic N) is 2. The van der Waals surface area contributed by atoms with Gasteiger partial charge in [-0.05, 0) is 31.6 Å². The van der Waals surface area contributed by atoms with Gasteiger partial charge in [-0.2, -0.15) is 0 Å². The molecule has 20 heavy (non-hydrogen) atoms. The van der Waals surface area contributed by atoms with Crippen LogP contribution in [0, 0.1) is 5.92 Å². The number of carboxylic acids is 1. The van der Waals surface area contributed by atoms with Gasteiger partial charge in [0.1, 0.15) is 0 Å².